The van der Waals surface area contributed by atoms with Gasteiger partial charge in [-0.15, -0.1) is 0 Å². The van der Waals surface area contributed by atoms with Gasteiger partial charge in [0.1, 0.15) is 5.75 Å². The lowest BCUT2D eigenvalue weighted by atomic mass is 10.1. The van der Waals surface area contributed by atoms with Gasteiger partial charge in [0.2, 0.25) is 0 Å². The highest BCUT2D eigenvalue weighted by Gasteiger charge is 2.14. The molecular weight excluding hydrogens is 320 g/mol. The molecule has 0 unspecified atom stereocenters. The summed E-state index contributed by atoms with van der Waals surface area (Å²) in [7, 11) is 1.30. The first-order valence-electron chi connectivity index (χ1n) is 7.18. The summed E-state index contributed by atoms with van der Waals surface area (Å²) in [6.45, 7) is -2.61. The van der Waals surface area contributed by atoms with Gasteiger partial charge in [0, 0.05) is 12.1 Å². The number of carbonyl (C=O) groups is 1. The quantitative estimate of drug-likeness (QED) is 0.815. The van der Waals surface area contributed by atoms with Crippen molar-refractivity contribution in [3.63, 3.8) is 0 Å². The fraction of sp³-hybridized carbons (Fsp3) is 0.235. The Labute approximate surface area is 137 Å². The largest absolute Gasteiger partial charge is 0.508 e. The molecule has 0 radical (unpaired) electrons. The molecule has 24 heavy (non-hydrogen) atoms. The zero-order valence-corrected chi connectivity index (χ0v) is 13.0. The van der Waals surface area contributed by atoms with Gasteiger partial charge >= 0.3 is 6.61 Å². The van der Waals surface area contributed by atoms with E-state index in [0.717, 1.165) is 5.56 Å². The van der Waals surface area contributed by atoms with Crippen molar-refractivity contribution in [2.24, 2.45) is 0 Å². The van der Waals surface area contributed by atoms with Crippen molar-refractivity contribution in [1.82, 2.24) is 5.32 Å². The molecule has 0 aliphatic rings. The first-order valence-corrected chi connectivity index (χ1v) is 7.18. The van der Waals surface area contributed by atoms with E-state index in [4.69, 9.17) is 4.74 Å². The third kappa shape index (κ3) is 4.84. The maximum absolute atomic E-state index is 12.3. The Morgan fingerprint density at radius 1 is 1.21 bits per heavy atom. The summed E-state index contributed by atoms with van der Waals surface area (Å²) >= 11 is 0. The summed E-state index contributed by atoms with van der Waals surface area (Å²) in [6, 6.07) is 10.7. The lowest BCUT2D eigenvalue weighted by Crippen LogP contribution is -2.25. The number of phenols is 1. The van der Waals surface area contributed by atoms with Crippen LogP contribution in [0, 0.1) is 0 Å². The topological polar surface area (TPSA) is 67.8 Å². The minimum absolute atomic E-state index is 0.0518. The number of carbonyl (C=O) groups excluding carboxylic acids is 1. The smallest absolute Gasteiger partial charge is 0.387 e. The van der Waals surface area contributed by atoms with Gasteiger partial charge < -0.3 is 19.9 Å². The number of alkyl halides is 2. The number of amides is 1. The summed E-state index contributed by atoms with van der Waals surface area (Å²) < 4.78 is 33.8. The maximum Gasteiger partial charge on any atom is 0.387 e. The molecule has 2 N–H and O–H groups in total. The van der Waals surface area contributed by atoms with Gasteiger partial charge in [-0.25, -0.2) is 0 Å². The van der Waals surface area contributed by atoms with E-state index in [2.05, 4.69) is 10.1 Å². The lowest BCUT2D eigenvalue weighted by Gasteiger charge is -2.11. The van der Waals surface area contributed by atoms with Crippen molar-refractivity contribution >= 4 is 5.91 Å². The number of halogens is 2. The average molecular weight is 337 g/mol. The van der Waals surface area contributed by atoms with E-state index in [0.29, 0.717) is 13.0 Å². The molecule has 5 nitrogen and oxygen atoms in total. The fourth-order valence-electron chi connectivity index (χ4n) is 2.14. The molecule has 0 spiro atoms. The van der Waals surface area contributed by atoms with Crippen molar-refractivity contribution in [2.75, 3.05) is 13.7 Å². The van der Waals surface area contributed by atoms with Crippen molar-refractivity contribution in [3.8, 4) is 17.2 Å². The van der Waals surface area contributed by atoms with E-state index in [1.807, 2.05) is 6.07 Å². The van der Waals surface area contributed by atoms with Crippen LogP contribution in [-0.2, 0) is 6.42 Å². The maximum atomic E-state index is 12.3. The number of rotatable bonds is 7. The Morgan fingerprint density at radius 2 is 2.00 bits per heavy atom. The van der Waals surface area contributed by atoms with Gasteiger partial charge in [-0.2, -0.15) is 8.78 Å². The molecule has 0 fully saturated rings. The highest BCUT2D eigenvalue weighted by Crippen LogP contribution is 2.29. The van der Waals surface area contributed by atoms with Gasteiger partial charge in [-0.05, 0) is 42.3 Å². The third-order valence-electron chi connectivity index (χ3n) is 3.25. The van der Waals surface area contributed by atoms with E-state index in [1.165, 1.54) is 25.3 Å². The van der Waals surface area contributed by atoms with Crippen LogP contribution in [0.4, 0.5) is 8.78 Å². The lowest BCUT2D eigenvalue weighted by molar-refractivity contribution is -0.0512. The van der Waals surface area contributed by atoms with E-state index in [1.54, 1.807) is 18.2 Å². The molecule has 0 saturated carbocycles. The molecule has 0 aromatic heterocycles. The Kier molecular flexibility index (Phi) is 5.95. The van der Waals surface area contributed by atoms with Gasteiger partial charge in [-0.3, -0.25) is 4.79 Å². The highest BCUT2D eigenvalue weighted by atomic mass is 19.3. The number of hydrogen-bond acceptors (Lipinski definition) is 4. The molecular formula is C17H17F2NO4. The molecule has 7 heteroatoms. The van der Waals surface area contributed by atoms with Crippen LogP contribution in [0.3, 0.4) is 0 Å². The number of methoxy groups -OCH3 is 1. The summed E-state index contributed by atoms with van der Waals surface area (Å²) in [5.74, 6) is -0.282. The van der Waals surface area contributed by atoms with Gasteiger partial charge in [0.05, 0.1) is 7.11 Å². The first kappa shape index (κ1) is 17.5. The Hall–Kier alpha value is -2.83. The fourth-order valence-corrected chi connectivity index (χ4v) is 2.14. The Bertz CT molecular complexity index is 707. The SMILES string of the molecule is COc1cc(C(=O)NCCc2cccc(O)c2)ccc1OC(F)F. The second-order valence-corrected chi connectivity index (χ2v) is 4.92. The summed E-state index contributed by atoms with van der Waals surface area (Å²) in [5.41, 5.74) is 1.15. The highest BCUT2D eigenvalue weighted by molar-refractivity contribution is 5.94. The molecule has 0 aliphatic carbocycles. The predicted molar refractivity (Wildman–Crippen MR) is 83.8 cm³/mol. The zero-order chi connectivity index (χ0) is 17.5. The number of benzene rings is 2. The van der Waals surface area contributed by atoms with E-state index in [9.17, 15) is 18.7 Å². The molecule has 0 heterocycles. The van der Waals surface area contributed by atoms with Crippen molar-refractivity contribution < 1.29 is 28.2 Å². The molecule has 2 aromatic carbocycles. The summed E-state index contributed by atoms with van der Waals surface area (Å²) in [6.07, 6.45) is 0.545. The second kappa shape index (κ2) is 8.14. The molecule has 2 rings (SSSR count). The predicted octanol–water partition coefficient (Wildman–Crippen LogP) is 2.97. The first-order chi connectivity index (χ1) is 11.5. The number of hydrogen-bond donors (Lipinski definition) is 2. The zero-order valence-electron chi connectivity index (χ0n) is 13.0. The van der Waals surface area contributed by atoms with Crippen molar-refractivity contribution in [3.05, 3.63) is 53.6 Å². The van der Waals surface area contributed by atoms with Crippen LogP contribution in [0.2, 0.25) is 0 Å². The van der Waals surface area contributed by atoms with E-state index < -0.39 is 6.61 Å². The molecule has 128 valence electrons. The van der Waals surface area contributed by atoms with Crippen LogP contribution >= 0.6 is 0 Å². The van der Waals surface area contributed by atoms with Gasteiger partial charge in [0.15, 0.2) is 11.5 Å². The minimum Gasteiger partial charge on any atom is -0.508 e. The second-order valence-electron chi connectivity index (χ2n) is 4.92. The van der Waals surface area contributed by atoms with Crippen LogP contribution in [-0.4, -0.2) is 31.3 Å². The summed E-state index contributed by atoms with van der Waals surface area (Å²) in [4.78, 5) is 12.1. The third-order valence-corrected chi connectivity index (χ3v) is 3.25. The normalized spacial score (nSPS) is 10.5. The molecule has 0 saturated heterocycles. The molecule has 0 aliphatic heterocycles. The van der Waals surface area contributed by atoms with E-state index in [-0.39, 0.29) is 28.7 Å². The molecule has 1 amide bonds. The van der Waals surface area contributed by atoms with Crippen LogP contribution in [0.1, 0.15) is 15.9 Å². The van der Waals surface area contributed by atoms with E-state index >= 15 is 0 Å². The molecule has 0 bridgehead atoms. The number of phenolic OH excluding ortho intramolecular Hbond substituents is 1. The van der Waals surface area contributed by atoms with Crippen LogP contribution in [0.5, 0.6) is 17.2 Å². The van der Waals surface area contributed by atoms with Crippen LogP contribution in [0.15, 0.2) is 42.5 Å². The number of nitrogens with one attached hydrogen (secondary N) is 1. The van der Waals surface area contributed by atoms with Crippen LogP contribution < -0.4 is 14.8 Å². The average Bonchev–Trinajstić information content (AvgIpc) is 2.54. The molecule has 2 aromatic rings. The van der Waals surface area contributed by atoms with Crippen molar-refractivity contribution in [1.29, 1.82) is 0 Å². The van der Waals surface area contributed by atoms with Crippen molar-refractivity contribution in [2.45, 2.75) is 13.0 Å². The number of aromatic hydroxyl groups is 1. The molecule has 0 atom stereocenters. The van der Waals surface area contributed by atoms with Gasteiger partial charge in [0.25, 0.3) is 5.91 Å². The summed E-state index contributed by atoms with van der Waals surface area (Å²) in [5, 5.41) is 12.1. The minimum atomic E-state index is -2.97. The standard InChI is InChI=1S/C17H17F2NO4/c1-23-15-10-12(5-6-14(15)24-17(18)19)16(22)20-8-7-11-3-2-4-13(21)9-11/h2-6,9-10,17,21H,7-8H2,1H3,(H,20,22). The number of ether oxygens (including phenoxy) is 2. The Balaban J connectivity index is 1.96. The Morgan fingerprint density at radius 3 is 2.67 bits per heavy atom. The van der Waals surface area contributed by atoms with Gasteiger partial charge in [-0.1, -0.05) is 12.1 Å². The monoisotopic (exact) mass is 337 g/mol. The van der Waals surface area contributed by atoms with Crippen LogP contribution in [0.25, 0.3) is 0 Å².